The van der Waals surface area contributed by atoms with Crippen molar-refractivity contribution in [3.8, 4) is 10.4 Å². The van der Waals surface area contributed by atoms with Crippen molar-refractivity contribution in [1.29, 1.82) is 0 Å². The highest BCUT2D eigenvalue weighted by Gasteiger charge is 2.05. The molecule has 3 nitrogen and oxygen atoms in total. The van der Waals surface area contributed by atoms with Gasteiger partial charge in [-0.3, -0.25) is 9.78 Å². The van der Waals surface area contributed by atoms with E-state index in [-0.39, 0.29) is 5.91 Å². The third-order valence-corrected chi connectivity index (χ3v) is 3.60. The van der Waals surface area contributed by atoms with Crippen molar-refractivity contribution in [3.05, 3.63) is 41.5 Å². The Labute approximate surface area is 117 Å². The third kappa shape index (κ3) is 4.17. The molecule has 0 bridgehead atoms. The summed E-state index contributed by atoms with van der Waals surface area (Å²) < 4.78 is 0. The molecule has 2 heterocycles. The summed E-state index contributed by atoms with van der Waals surface area (Å²) in [5, 5.41) is 4.98. The van der Waals surface area contributed by atoms with Crippen LogP contribution in [0.15, 0.2) is 36.0 Å². The van der Waals surface area contributed by atoms with E-state index in [1.165, 1.54) is 4.88 Å². The molecule has 0 saturated heterocycles. The molecule has 0 fully saturated rings. The topological polar surface area (TPSA) is 42.0 Å². The van der Waals surface area contributed by atoms with Crippen LogP contribution in [0.2, 0.25) is 0 Å². The van der Waals surface area contributed by atoms with Gasteiger partial charge < -0.3 is 5.32 Å². The van der Waals surface area contributed by atoms with Crippen LogP contribution >= 0.6 is 11.3 Å². The molecule has 0 radical (unpaired) electrons. The Morgan fingerprint density at radius 2 is 2.26 bits per heavy atom. The Kier molecular flexibility index (Phi) is 4.68. The van der Waals surface area contributed by atoms with Crippen molar-refractivity contribution >= 4 is 17.2 Å². The van der Waals surface area contributed by atoms with Gasteiger partial charge in [0.15, 0.2) is 0 Å². The van der Waals surface area contributed by atoms with Gasteiger partial charge in [0.1, 0.15) is 0 Å². The van der Waals surface area contributed by atoms with Crippen LogP contribution in [-0.2, 0) is 11.3 Å². The predicted octanol–water partition coefficient (Wildman–Crippen LogP) is 3.47. The zero-order valence-corrected chi connectivity index (χ0v) is 12.0. The highest BCUT2D eigenvalue weighted by atomic mass is 32.1. The highest BCUT2D eigenvalue weighted by Crippen LogP contribution is 2.24. The lowest BCUT2D eigenvalue weighted by atomic mass is 10.1. The SMILES string of the molecule is CC(C)CC(=O)NCc1cncc(-c2cccs2)c1. The standard InChI is InChI=1S/C15H18N2OS/c1-11(2)6-15(18)17-9-12-7-13(10-16-8-12)14-4-3-5-19-14/h3-5,7-8,10-11H,6,9H2,1-2H3,(H,17,18). The van der Waals surface area contributed by atoms with Gasteiger partial charge >= 0.3 is 0 Å². The van der Waals surface area contributed by atoms with Gasteiger partial charge in [0.25, 0.3) is 0 Å². The zero-order valence-electron chi connectivity index (χ0n) is 11.2. The molecule has 1 amide bonds. The van der Waals surface area contributed by atoms with E-state index in [4.69, 9.17) is 0 Å². The molecule has 19 heavy (non-hydrogen) atoms. The molecule has 100 valence electrons. The molecule has 4 heteroatoms. The molecule has 0 aromatic carbocycles. The third-order valence-electron chi connectivity index (χ3n) is 2.68. The summed E-state index contributed by atoms with van der Waals surface area (Å²) in [7, 11) is 0. The van der Waals surface area contributed by atoms with Crippen LogP contribution in [0.5, 0.6) is 0 Å². The first-order valence-corrected chi connectivity index (χ1v) is 7.27. The lowest BCUT2D eigenvalue weighted by Gasteiger charge is -2.07. The summed E-state index contributed by atoms with van der Waals surface area (Å²) in [4.78, 5) is 17.0. The van der Waals surface area contributed by atoms with Gasteiger partial charge in [-0.1, -0.05) is 19.9 Å². The molecule has 0 saturated carbocycles. The Hall–Kier alpha value is -1.68. The Balaban J connectivity index is 1.98. The summed E-state index contributed by atoms with van der Waals surface area (Å²) >= 11 is 1.69. The van der Waals surface area contributed by atoms with Gasteiger partial charge in [-0.15, -0.1) is 11.3 Å². The quantitative estimate of drug-likeness (QED) is 0.907. The maximum absolute atomic E-state index is 11.6. The molecule has 0 unspecified atom stereocenters. The van der Waals surface area contributed by atoms with Crippen molar-refractivity contribution in [2.24, 2.45) is 5.92 Å². The number of carbonyl (C=O) groups is 1. The number of amides is 1. The Morgan fingerprint density at radius 3 is 2.95 bits per heavy atom. The molecule has 1 N–H and O–H groups in total. The van der Waals surface area contributed by atoms with Gasteiger partial charge in [0.2, 0.25) is 5.91 Å². The van der Waals surface area contributed by atoms with Crippen molar-refractivity contribution in [1.82, 2.24) is 10.3 Å². The predicted molar refractivity (Wildman–Crippen MR) is 78.9 cm³/mol. The second kappa shape index (κ2) is 6.48. The van der Waals surface area contributed by atoms with E-state index < -0.39 is 0 Å². The molecule has 0 spiro atoms. The van der Waals surface area contributed by atoms with Crippen molar-refractivity contribution in [3.63, 3.8) is 0 Å². The normalized spacial score (nSPS) is 10.7. The maximum Gasteiger partial charge on any atom is 0.220 e. The number of nitrogens with zero attached hydrogens (tertiary/aromatic N) is 1. The van der Waals surface area contributed by atoms with Gasteiger partial charge in [0, 0.05) is 35.8 Å². The average molecular weight is 274 g/mol. The second-order valence-electron chi connectivity index (χ2n) is 4.93. The minimum Gasteiger partial charge on any atom is -0.352 e. The molecule has 0 aliphatic rings. The van der Waals surface area contributed by atoms with Gasteiger partial charge in [0.05, 0.1) is 0 Å². The van der Waals surface area contributed by atoms with E-state index in [1.54, 1.807) is 17.5 Å². The number of pyridine rings is 1. The second-order valence-corrected chi connectivity index (χ2v) is 5.88. The average Bonchev–Trinajstić information content (AvgIpc) is 2.90. The van der Waals surface area contributed by atoms with E-state index in [0.717, 1.165) is 11.1 Å². The highest BCUT2D eigenvalue weighted by molar-refractivity contribution is 7.13. The lowest BCUT2D eigenvalue weighted by molar-refractivity contribution is -0.121. The van der Waals surface area contributed by atoms with E-state index in [0.29, 0.717) is 18.9 Å². The summed E-state index contributed by atoms with van der Waals surface area (Å²) in [5.74, 6) is 0.479. The van der Waals surface area contributed by atoms with Crippen LogP contribution < -0.4 is 5.32 Å². The molecule has 0 aliphatic heterocycles. The molecule has 2 rings (SSSR count). The van der Waals surface area contributed by atoms with E-state index in [1.807, 2.05) is 31.5 Å². The number of rotatable bonds is 5. The fourth-order valence-corrected chi connectivity index (χ4v) is 2.51. The Bertz CT molecular complexity index is 535. The van der Waals surface area contributed by atoms with Crippen LogP contribution in [0.25, 0.3) is 10.4 Å². The monoisotopic (exact) mass is 274 g/mol. The molecular weight excluding hydrogens is 256 g/mol. The zero-order chi connectivity index (χ0) is 13.7. The summed E-state index contributed by atoms with van der Waals surface area (Å²) in [6, 6.07) is 6.17. The molecule has 2 aromatic rings. The fraction of sp³-hybridized carbons (Fsp3) is 0.333. The molecule has 0 aliphatic carbocycles. The first kappa shape index (κ1) is 13.7. The smallest absolute Gasteiger partial charge is 0.220 e. The molecule has 2 aromatic heterocycles. The van der Waals surface area contributed by atoms with Crippen LogP contribution in [-0.4, -0.2) is 10.9 Å². The van der Waals surface area contributed by atoms with E-state index in [9.17, 15) is 4.79 Å². The number of hydrogen-bond donors (Lipinski definition) is 1. The first-order valence-electron chi connectivity index (χ1n) is 6.39. The van der Waals surface area contributed by atoms with Gasteiger partial charge in [-0.05, 0) is 29.0 Å². The van der Waals surface area contributed by atoms with Crippen molar-refractivity contribution in [2.75, 3.05) is 0 Å². The number of carbonyl (C=O) groups excluding carboxylic acids is 1. The molecule has 0 atom stereocenters. The van der Waals surface area contributed by atoms with Crippen LogP contribution in [0, 0.1) is 5.92 Å². The number of hydrogen-bond acceptors (Lipinski definition) is 3. The summed E-state index contributed by atoms with van der Waals surface area (Å²) in [6.07, 6.45) is 4.22. The lowest BCUT2D eigenvalue weighted by Crippen LogP contribution is -2.23. The largest absolute Gasteiger partial charge is 0.352 e. The number of aromatic nitrogens is 1. The summed E-state index contributed by atoms with van der Waals surface area (Å²) in [5.41, 5.74) is 2.13. The van der Waals surface area contributed by atoms with Gasteiger partial charge in [-0.25, -0.2) is 0 Å². The van der Waals surface area contributed by atoms with Crippen molar-refractivity contribution < 1.29 is 4.79 Å². The Morgan fingerprint density at radius 1 is 1.42 bits per heavy atom. The van der Waals surface area contributed by atoms with Gasteiger partial charge in [-0.2, -0.15) is 0 Å². The summed E-state index contributed by atoms with van der Waals surface area (Å²) in [6.45, 7) is 4.62. The number of nitrogens with one attached hydrogen (secondary N) is 1. The van der Waals surface area contributed by atoms with Crippen LogP contribution in [0.4, 0.5) is 0 Å². The molecular formula is C15H18N2OS. The van der Waals surface area contributed by atoms with E-state index in [2.05, 4.69) is 22.4 Å². The fourth-order valence-electron chi connectivity index (χ4n) is 1.81. The minimum absolute atomic E-state index is 0.0940. The van der Waals surface area contributed by atoms with E-state index >= 15 is 0 Å². The number of thiophene rings is 1. The minimum atomic E-state index is 0.0940. The van der Waals surface area contributed by atoms with Crippen LogP contribution in [0.3, 0.4) is 0 Å². The van der Waals surface area contributed by atoms with Crippen LogP contribution in [0.1, 0.15) is 25.8 Å². The maximum atomic E-state index is 11.6. The first-order chi connectivity index (χ1) is 9.15. The van der Waals surface area contributed by atoms with Crippen molar-refractivity contribution in [2.45, 2.75) is 26.8 Å².